The minimum absolute atomic E-state index is 0. The molecule has 0 amide bonds. The van der Waals surface area contributed by atoms with E-state index in [1.165, 1.54) is 75.6 Å². The number of aliphatic hydroxyl groups excluding tert-OH is 3. The molecule has 0 aliphatic carbocycles. The van der Waals surface area contributed by atoms with Crippen LogP contribution in [0.5, 0.6) is 17.5 Å². The van der Waals surface area contributed by atoms with E-state index in [9.17, 15) is 53.4 Å². The molecule has 31 nitrogen and oxygen atoms in total. The number of hydrogen-bond acceptors (Lipinski definition) is 25. The number of carbonyl (C=O) groups is 2. The summed E-state index contributed by atoms with van der Waals surface area (Å²) in [5.74, 6) is -0.899. The number of halogens is 3. The van der Waals surface area contributed by atoms with E-state index in [2.05, 4.69) is 40.1 Å². The van der Waals surface area contributed by atoms with E-state index in [4.69, 9.17) is 60.5 Å². The second kappa shape index (κ2) is 32.4. The summed E-state index contributed by atoms with van der Waals surface area (Å²) >= 11 is 5.65. The molecule has 37 heteroatoms. The first-order chi connectivity index (χ1) is 40.1. The monoisotopic (exact) mass is 1330 g/mol. The first-order valence-electron chi connectivity index (χ1n) is 26.0. The Morgan fingerprint density at radius 2 is 1.25 bits per heavy atom. The zero-order valence-electron chi connectivity index (χ0n) is 49.0. The number of aromatic nitrogens is 8. The van der Waals surface area contributed by atoms with Crippen molar-refractivity contribution in [3.8, 4) is 17.5 Å². The van der Waals surface area contributed by atoms with Gasteiger partial charge in [0, 0.05) is 56.5 Å². The number of imidazole rings is 2. The Morgan fingerprint density at radius 1 is 0.807 bits per heavy atom. The maximum atomic E-state index is 15.6. The van der Waals surface area contributed by atoms with Crippen molar-refractivity contribution < 1.29 is 128 Å². The molecule has 2 aromatic carbocycles. The van der Waals surface area contributed by atoms with Crippen molar-refractivity contribution >= 4 is 78.7 Å². The molecule has 0 spiro atoms. The Kier molecular flexibility index (Phi) is 28.2. The number of nitrogen functional groups attached to an aromatic ring is 2. The van der Waals surface area contributed by atoms with Crippen LogP contribution in [0.4, 0.5) is 26.4 Å². The number of nitro benzene ring substituents is 1. The zero-order chi connectivity index (χ0) is 64.4. The van der Waals surface area contributed by atoms with Crippen LogP contribution in [0.15, 0.2) is 61.2 Å². The number of benzene rings is 2. The van der Waals surface area contributed by atoms with Gasteiger partial charge in [-0.3, -0.25) is 33.4 Å². The molecule has 0 saturated carbocycles. The number of nitrogens with one attached hydrogen (secondary N) is 2. The SMILES string of the molecule is C.CC(C)OC(=O)[C@H](C)NP(=O)(O)Oc1ccccc1.COc1nc(N)nc2c1ncn2[C@@H]1O[C@H](CO)[C@@H](O)[C@@]1(C)F.COc1nc(N)nc2c1ncn2[C@@H]1O[C@H](CO[P@](C)(=O)N[C@@H](C)C(=O)OC(C)C)[C@@H](O)[C@@]1(C)F.Cc1ccc([N+](=O)[O-])cc1Cl.[Ar]. The number of anilines is 2. The number of esters is 2. The van der Waals surface area contributed by atoms with Crippen molar-refractivity contribution in [3.05, 3.63) is 81.9 Å². The van der Waals surface area contributed by atoms with Crippen molar-refractivity contribution in [2.24, 2.45) is 0 Å². The number of aryl methyl sites for hydroxylation is 1. The van der Waals surface area contributed by atoms with Gasteiger partial charge < -0.3 is 69.1 Å². The molecule has 10 N–H and O–H groups in total. The number of ether oxygens (including phenoxy) is 6. The molecule has 2 fully saturated rings. The largest absolute Gasteiger partial charge is 0.479 e. The number of hydrogen-bond donors (Lipinski definition) is 8. The number of nitrogens with zero attached hydrogens (tertiary/aromatic N) is 9. The Balaban J connectivity index is 0.000000326. The normalized spacial score (nSPS) is 23.2. The minimum atomic E-state index is -4.12. The summed E-state index contributed by atoms with van der Waals surface area (Å²) in [7, 11) is -4.88. The van der Waals surface area contributed by atoms with Gasteiger partial charge >= 0.3 is 19.7 Å². The van der Waals surface area contributed by atoms with Gasteiger partial charge in [0.1, 0.15) is 42.2 Å². The zero-order valence-corrected chi connectivity index (χ0v) is 52.3. The number of nitro groups is 1. The van der Waals surface area contributed by atoms with Crippen molar-refractivity contribution in [1.82, 2.24) is 49.2 Å². The summed E-state index contributed by atoms with van der Waals surface area (Å²) in [6.45, 7) is 14.2. The van der Waals surface area contributed by atoms with Gasteiger partial charge in [0.05, 0.1) is 62.2 Å². The van der Waals surface area contributed by atoms with Crippen LogP contribution in [0.3, 0.4) is 0 Å². The smallest absolute Gasteiger partial charge is 0.456 e. The third-order valence-electron chi connectivity index (χ3n) is 12.3. The molecular formula is C51H74ArClF2N13O18P2. The predicted molar refractivity (Wildman–Crippen MR) is 312 cm³/mol. The van der Waals surface area contributed by atoms with Crippen LogP contribution in [0, 0.1) is 54.8 Å². The summed E-state index contributed by atoms with van der Waals surface area (Å²) in [5, 5.41) is 45.2. The number of para-hydroxylation sites is 1. The van der Waals surface area contributed by atoms with Crippen LogP contribution in [-0.4, -0.2) is 170 Å². The molecule has 6 aromatic rings. The Morgan fingerprint density at radius 3 is 1.66 bits per heavy atom. The van der Waals surface area contributed by atoms with Crippen LogP contribution < -0.4 is 35.6 Å². The molecule has 490 valence electrons. The number of non-ortho nitro benzene ring substituents is 1. The van der Waals surface area contributed by atoms with E-state index in [1.54, 1.807) is 71.0 Å². The summed E-state index contributed by atoms with van der Waals surface area (Å²) in [5.41, 5.74) is 8.63. The standard InChI is InChI=1S/C19H30FN6O7P.C12H16FN5O4.C12H18NO5P.C7H6ClNO2.CH4.Ar/c1-9(2)32-16(28)10(3)25-34(6,29)31-7-11-13(27)19(4,20)17(33-11)26-8-22-12-14(26)23-18(21)24-15(12)30-5;1-12(13)7(20)5(3-19)22-10(12)18-4-15-6-8(18)16-11(14)17-9(6)21-2;1-9(2)17-12(14)10(3)13-19(15,16)18-11-7-5-4-6-8-11;1-5-2-3-6(9(10)11)4-7(5)8;;/h8-11,13,17,27H,7H2,1-6H3,(H,25,29)(H2,21,23,24);4-5,7,10,19-20H,3H2,1-2H3,(H2,14,16,17);4-10H,1-3H3,(H2,13,15,16);2-4H,1H3;1H4;/t10-,11+,13+,17+,19+,34-;5-,7-,10-,12-;10-;;;/m010.../s1. The number of carbonyl (C=O) groups excluding carboxylic acids is 2. The van der Waals surface area contributed by atoms with E-state index in [-0.39, 0.29) is 115 Å². The fourth-order valence-corrected chi connectivity index (χ4v) is 10.7. The number of methoxy groups -OCH3 is 2. The molecule has 8 rings (SSSR count). The second-order valence-electron chi connectivity index (χ2n) is 20.2. The fourth-order valence-electron chi connectivity index (χ4n) is 8.12. The van der Waals surface area contributed by atoms with Crippen LogP contribution in [-0.2, 0) is 42.2 Å². The van der Waals surface area contributed by atoms with Crippen LogP contribution in [0.2, 0.25) is 5.02 Å². The Hall–Kier alpha value is -5.61. The van der Waals surface area contributed by atoms with Crippen LogP contribution in [0.25, 0.3) is 22.3 Å². The number of rotatable bonds is 19. The average Bonchev–Trinajstić information content (AvgIpc) is 1.83. The Labute approximate surface area is 539 Å². The minimum Gasteiger partial charge on any atom is -0.479 e. The molecule has 6 heterocycles. The van der Waals surface area contributed by atoms with Crippen molar-refractivity contribution in [2.45, 2.75) is 142 Å². The average molecular weight is 1330 g/mol. The summed E-state index contributed by atoms with van der Waals surface area (Å²) in [4.78, 5) is 67.0. The molecule has 1 unspecified atom stereocenters. The molecule has 0 bridgehead atoms. The van der Waals surface area contributed by atoms with Gasteiger partial charge in [0.25, 0.3) is 13.2 Å². The summed E-state index contributed by atoms with van der Waals surface area (Å²) in [6, 6.07) is 10.7. The van der Waals surface area contributed by atoms with Crippen molar-refractivity contribution in [2.75, 3.05) is 45.6 Å². The van der Waals surface area contributed by atoms with Gasteiger partial charge in [-0.05, 0) is 80.0 Å². The van der Waals surface area contributed by atoms with E-state index >= 15 is 4.39 Å². The van der Waals surface area contributed by atoms with Gasteiger partial charge in [-0.2, -0.15) is 25.0 Å². The molecular weight excluding hydrogens is 1260 g/mol. The van der Waals surface area contributed by atoms with E-state index < -0.39 is 106 Å². The molecule has 0 radical (unpaired) electrons. The molecule has 88 heavy (non-hydrogen) atoms. The molecule has 4 aromatic heterocycles. The molecule has 2 aliphatic rings. The topological polar surface area (TPSA) is 429 Å². The summed E-state index contributed by atoms with van der Waals surface area (Å²) in [6.07, 6.45) is -5.98. The third kappa shape index (κ3) is 19.7. The Bertz CT molecular complexity index is 3420. The first-order valence-corrected chi connectivity index (χ1v) is 30.0. The number of aliphatic hydroxyl groups is 3. The van der Waals surface area contributed by atoms with E-state index in [0.29, 0.717) is 5.02 Å². The predicted octanol–water partition coefficient (Wildman–Crippen LogP) is 5.86. The third-order valence-corrected chi connectivity index (χ3v) is 15.4. The molecule has 12 atom stereocenters. The second-order valence-corrected chi connectivity index (χ2v) is 24.3. The molecule has 2 saturated heterocycles. The molecule has 2 aliphatic heterocycles. The van der Waals surface area contributed by atoms with Gasteiger partial charge in [-0.1, -0.05) is 43.3 Å². The maximum Gasteiger partial charge on any atom is 0.456 e. The van der Waals surface area contributed by atoms with Crippen molar-refractivity contribution in [3.63, 3.8) is 0 Å². The van der Waals surface area contributed by atoms with Crippen LogP contribution in [0.1, 0.15) is 80.8 Å². The maximum absolute atomic E-state index is 15.6. The quantitative estimate of drug-likeness (QED) is 0.0204. The van der Waals surface area contributed by atoms with Gasteiger partial charge in [0.15, 0.2) is 46.1 Å². The van der Waals surface area contributed by atoms with Gasteiger partial charge in [0.2, 0.25) is 23.7 Å². The fraction of sp³-hybridized carbons (Fsp3) is 0.529. The number of nitrogens with two attached hydrogens (primary N) is 2. The number of alkyl halides is 2. The summed E-state index contributed by atoms with van der Waals surface area (Å²) < 4.78 is 99.3. The van der Waals surface area contributed by atoms with Crippen LogP contribution >= 0.6 is 26.9 Å². The number of fused-ring (bicyclic) bond motifs is 2. The van der Waals surface area contributed by atoms with Gasteiger partial charge in [-0.15, -0.1) is 0 Å². The van der Waals surface area contributed by atoms with E-state index in [0.717, 1.165) is 12.5 Å². The van der Waals surface area contributed by atoms with Gasteiger partial charge in [-0.25, -0.2) is 28.4 Å². The van der Waals surface area contributed by atoms with Crippen molar-refractivity contribution in [1.29, 1.82) is 0 Å². The first kappa shape index (κ1) is 76.6. The van der Waals surface area contributed by atoms with E-state index in [1.807, 2.05) is 0 Å².